The van der Waals surface area contributed by atoms with Crippen LogP contribution in [0.5, 0.6) is 0 Å². The van der Waals surface area contributed by atoms with Crippen LogP contribution in [0.25, 0.3) is 11.5 Å². The molecule has 3 rings (SSSR count). The third-order valence-corrected chi connectivity index (χ3v) is 4.00. The van der Waals surface area contributed by atoms with Crippen molar-refractivity contribution >= 4 is 17.7 Å². The Kier molecular flexibility index (Phi) is 3.52. The Morgan fingerprint density at radius 3 is 2.95 bits per heavy atom. The Labute approximate surface area is 120 Å². The number of thioether (sulfide) groups is 1. The van der Waals surface area contributed by atoms with Crippen molar-refractivity contribution in [2.45, 2.75) is 43.2 Å². The van der Waals surface area contributed by atoms with Crippen LogP contribution in [0, 0.1) is 6.92 Å². The van der Waals surface area contributed by atoms with Gasteiger partial charge in [-0.15, -0.1) is 10.2 Å². The molecular weight excluding hydrogens is 278 g/mol. The Hall–Kier alpha value is -1.76. The van der Waals surface area contributed by atoms with E-state index in [1.54, 1.807) is 12.3 Å². The van der Waals surface area contributed by atoms with Crippen molar-refractivity contribution in [3.63, 3.8) is 0 Å². The molecule has 1 fully saturated rings. The van der Waals surface area contributed by atoms with E-state index in [-0.39, 0.29) is 11.2 Å². The van der Waals surface area contributed by atoms with Crippen molar-refractivity contribution in [3.05, 3.63) is 18.1 Å². The molecule has 106 valence electrons. The molecule has 1 aliphatic rings. The quantitative estimate of drug-likeness (QED) is 0.852. The van der Waals surface area contributed by atoms with E-state index in [9.17, 15) is 4.79 Å². The fourth-order valence-electron chi connectivity index (χ4n) is 1.72. The van der Waals surface area contributed by atoms with Crippen molar-refractivity contribution in [3.8, 4) is 11.5 Å². The number of carbonyl (C=O) groups excluding carboxylic acids is 1. The van der Waals surface area contributed by atoms with Gasteiger partial charge in [0.1, 0.15) is 5.76 Å². The van der Waals surface area contributed by atoms with E-state index in [0.717, 1.165) is 24.2 Å². The second-order valence-corrected chi connectivity index (χ2v) is 6.10. The summed E-state index contributed by atoms with van der Waals surface area (Å²) in [6.07, 6.45) is 3.73. The van der Waals surface area contributed by atoms with Gasteiger partial charge in [-0.3, -0.25) is 4.79 Å². The first kappa shape index (κ1) is 13.2. The number of carbonyl (C=O) groups is 1. The predicted octanol–water partition coefficient (Wildman–Crippen LogP) is 2.40. The fraction of sp³-hybridized carbons (Fsp3) is 0.462. The third-order valence-electron chi connectivity index (χ3n) is 3.07. The lowest BCUT2D eigenvalue weighted by atomic mass is 10.3. The highest BCUT2D eigenvalue weighted by Gasteiger charge is 2.27. The molecule has 1 saturated carbocycles. The molecule has 0 aliphatic heterocycles. The number of aryl methyl sites for hydroxylation is 1. The van der Waals surface area contributed by atoms with Crippen LogP contribution in [-0.2, 0) is 4.79 Å². The van der Waals surface area contributed by atoms with E-state index in [0.29, 0.717) is 17.2 Å². The Bertz CT molecular complexity index is 618. The Morgan fingerprint density at radius 1 is 1.50 bits per heavy atom. The summed E-state index contributed by atoms with van der Waals surface area (Å²) in [5, 5.41) is 11.0. The molecule has 1 aliphatic carbocycles. The maximum absolute atomic E-state index is 11.9. The van der Waals surface area contributed by atoms with Gasteiger partial charge in [0.25, 0.3) is 11.1 Å². The van der Waals surface area contributed by atoms with Gasteiger partial charge < -0.3 is 14.2 Å². The van der Waals surface area contributed by atoms with Crippen LogP contribution in [0.15, 0.2) is 26.4 Å². The van der Waals surface area contributed by atoms with Crippen molar-refractivity contribution in [1.82, 2.24) is 15.5 Å². The monoisotopic (exact) mass is 293 g/mol. The summed E-state index contributed by atoms with van der Waals surface area (Å²) in [6.45, 7) is 3.66. The summed E-state index contributed by atoms with van der Waals surface area (Å²) in [6, 6.07) is 2.14. The van der Waals surface area contributed by atoms with Crippen LogP contribution in [0.3, 0.4) is 0 Å². The topological polar surface area (TPSA) is 81.2 Å². The van der Waals surface area contributed by atoms with E-state index in [2.05, 4.69) is 15.5 Å². The van der Waals surface area contributed by atoms with Gasteiger partial charge in [-0.2, -0.15) is 0 Å². The molecule has 0 aromatic carbocycles. The van der Waals surface area contributed by atoms with E-state index >= 15 is 0 Å². The van der Waals surface area contributed by atoms with E-state index < -0.39 is 0 Å². The second kappa shape index (κ2) is 5.32. The van der Waals surface area contributed by atoms with Crippen molar-refractivity contribution < 1.29 is 13.6 Å². The van der Waals surface area contributed by atoms with Gasteiger partial charge >= 0.3 is 0 Å². The molecule has 6 nitrogen and oxygen atoms in total. The normalized spacial score (nSPS) is 16.1. The molecule has 0 spiro atoms. The lowest BCUT2D eigenvalue weighted by Gasteiger charge is -2.08. The minimum absolute atomic E-state index is 0.0109. The Morgan fingerprint density at radius 2 is 2.30 bits per heavy atom. The zero-order valence-corrected chi connectivity index (χ0v) is 12.1. The van der Waals surface area contributed by atoms with Crippen LogP contribution in [0.2, 0.25) is 0 Å². The molecule has 1 atom stereocenters. The number of hydrogen-bond acceptors (Lipinski definition) is 6. The van der Waals surface area contributed by atoms with Crippen LogP contribution in [-0.4, -0.2) is 27.4 Å². The maximum Gasteiger partial charge on any atom is 0.277 e. The molecular formula is C13H15N3O3S. The van der Waals surface area contributed by atoms with Crippen molar-refractivity contribution in [2.75, 3.05) is 0 Å². The first-order valence-corrected chi connectivity index (χ1v) is 7.36. The summed E-state index contributed by atoms with van der Waals surface area (Å²) in [4.78, 5) is 11.9. The van der Waals surface area contributed by atoms with Crippen molar-refractivity contribution in [1.29, 1.82) is 0 Å². The smallest absolute Gasteiger partial charge is 0.277 e. The number of aromatic nitrogens is 2. The van der Waals surface area contributed by atoms with Crippen LogP contribution in [0.4, 0.5) is 0 Å². The number of hydrogen-bond donors (Lipinski definition) is 1. The van der Waals surface area contributed by atoms with E-state index in [1.807, 2.05) is 13.8 Å². The molecule has 0 saturated heterocycles. The van der Waals surface area contributed by atoms with Gasteiger partial charge in [-0.1, -0.05) is 11.8 Å². The minimum atomic E-state index is -0.255. The van der Waals surface area contributed by atoms with Crippen LogP contribution >= 0.6 is 11.8 Å². The zero-order chi connectivity index (χ0) is 14.1. The molecule has 20 heavy (non-hydrogen) atoms. The summed E-state index contributed by atoms with van der Waals surface area (Å²) >= 11 is 1.26. The third kappa shape index (κ3) is 2.87. The van der Waals surface area contributed by atoms with Crippen LogP contribution in [0.1, 0.15) is 25.5 Å². The molecule has 2 heterocycles. The minimum Gasteiger partial charge on any atom is -0.469 e. The lowest BCUT2D eigenvalue weighted by molar-refractivity contribution is -0.120. The average Bonchev–Trinajstić information content (AvgIpc) is 2.94. The molecule has 0 unspecified atom stereocenters. The fourth-order valence-corrected chi connectivity index (χ4v) is 2.42. The van der Waals surface area contributed by atoms with Crippen molar-refractivity contribution in [2.24, 2.45) is 0 Å². The second-order valence-electron chi connectivity index (χ2n) is 4.81. The first-order chi connectivity index (χ1) is 9.63. The predicted molar refractivity (Wildman–Crippen MR) is 73.2 cm³/mol. The van der Waals surface area contributed by atoms with Gasteiger partial charge in [0.2, 0.25) is 5.91 Å². The van der Waals surface area contributed by atoms with Gasteiger partial charge in [0.05, 0.1) is 17.1 Å². The molecule has 2 aromatic rings. The average molecular weight is 293 g/mol. The summed E-state index contributed by atoms with van der Waals surface area (Å²) in [5.74, 6) is 1.15. The van der Waals surface area contributed by atoms with Gasteiger partial charge in [-0.05, 0) is 32.8 Å². The largest absolute Gasteiger partial charge is 0.469 e. The lowest BCUT2D eigenvalue weighted by Crippen LogP contribution is -2.32. The van der Waals surface area contributed by atoms with Crippen LogP contribution < -0.4 is 5.32 Å². The first-order valence-electron chi connectivity index (χ1n) is 6.48. The Balaban J connectivity index is 1.64. The summed E-state index contributed by atoms with van der Waals surface area (Å²) < 4.78 is 10.8. The standard InChI is InChI=1S/C13H15N3O3S/c1-7-10(5-6-18-7)12-15-16-13(19-12)20-8(2)11(17)14-9-3-4-9/h5-6,8-9H,3-4H2,1-2H3,(H,14,17)/t8-/m0/s1. The highest BCUT2D eigenvalue weighted by atomic mass is 32.2. The highest BCUT2D eigenvalue weighted by molar-refractivity contribution is 8.00. The van der Waals surface area contributed by atoms with Gasteiger partial charge in [0.15, 0.2) is 0 Å². The zero-order valence-electron chi connectivity index (χ0n) is 11.3. The summed E-state index contributed by atoms with van der Waals surface area (Å²) in [7, 11) is 0. The van der Waals surface area contributed by atoms with E-state index in [4.69, 9.17) is 8.83 Å². The number of nitrogens with zero attached hydrogens (tertiary/aromatic N) is 2. The van der Waals surface area contributed by atoms with Gasteiger partial charge in [-0.25, -0.2) is 0 Å². The summed E-state index contributed by atoms with van der Waals surface area (Å²) in [5.41, 5.74) is 0.777. The molecule has 1 N–H and O–H groups in total. The SMILES string of the molecule is Cc1occc1-c1nnc(S[C@@H](C)C(=O)NC2CC2)o1. The number of rotatable bonds is 5. The molecule has 7 heteroatoms. The molecule has 2 aromatic heterocycles. The molecule has 0 bridgehead atoms. The number of nitrogens with one attached hydrogen (secondary N) is 1. The molecule has 1 amide bonds. The van der Waals surface area contributed by atoms with E-state index in [1.165, 1.54) is 11.8 Å². The molecule has 0 radical (unpaired) electrons. The number of furan rings is 1. The highest BCUT2D eigenvalue weighted by Crippen LogP contribution is 2.28. The maximum atomic E-state index is 11.9. The van der Waals surface area contributed by atoms with Gasteiger partial charge in [0, 0.05) is 6.04 Å². The number of amides is 1.